The standard InChI is InChI=1S/C15H22N2O2/c1-4-11-9-12(17(6-3)16-11)10-14(18)15-8-7-13(5-2)19-15/h7-9,14,18H,4-6,10H2,1-3H3. The van der Waals surface area contributed by atoms with Crippen LogP contribution < -0.4 is 0 Å². The van der Waals surface area contributed by atoms with Gasteiger partial charge in [0.25, 0.3) is 0 Å². The van der Waals surface area contributed by atoms with E-state index in [0.717, 1.165) is 36.5 Å². The number of hydrogen-bond acceptors (Lipinski definition) is 3. The fourth-order valence-electron chi connectivity index (χ4n) is 2.19. The van der Waals surface area contributed by atoms with Crippen LogP contribution in [0.2, 0.25) is 0 Å². The van der Waals surface area contributed by atoms with Crippen LogP contribution in [-0.4, -0.2) is 14.9 Å². The van der Waals surface area contributed by atoms with Gasteiger partial charge in [0.1, 0.15) is 17.6 Å². The Morgan fingerprint density at radius 1 is 1.26 bits per heavy atom. The van der Waals surface area contributed by atoms with Gasteiger partial charge in [0, 0.05) is 25.1 Å². The average Bonchev–Trinajstić information content (AvgIpc) is 3.04. The minimum absolute atomic E-state index is 0.539. The smallest absolute Gasteiger partial charge is 0.133 e. The summed E-state index contributed by atoms with van der Waals surface area (Å²) in [6, 6.07) is 5.85. The molecule has 0 amide bonds. The second-order valence-corrected chi connectivity index (χ2v) is 4.67. The van der Waals surface area contributed by atoms with Gasteiger partial charge >= 0.3 is 0 Å². The van der Waals surface area contributed by atoms with Gasteiger partial charge in [-0.15, -0.1) is 0 Å². The van der Waals surface area contributed by atoms with E-state index in [1.807, 2.05) is 23.7 Å². The minimum atomic E-state index is -0.605. The van der Waals surface area contributed by atoms with Gasteiger partial charge in [-0.05, 0) is 31.5 Å². The van der Waals surface area contributed by atoms with E-state index in [0.29, 0.717) is 12.2 Å². The quantitative estimate of drug-likeness (QED) is 0.871. The maximum absolute atomic E-state index is 10.2. The van der Waals surface area contributed by atoms with Crippen LogP contribution in [0, 0.1) is 0 Å². The van der Waals surface area contributed by atoms with Crippen molar-refractivity contribution in [1.29, 1.82) is 0 Å². The van der Waals surface area contributed by atoms with Crippen LogP contribution in [0.3, 0.4) is 0 Å². The van der Waals surface area contributed by atoms with Crippen molar-refractivity contribution in [3.05, 3.63) is 41.1 Å². The predicted octanol–water partition coefficient (Wildman–Crippen LogP) is 2.90. The van der Waals surface area contributed by atoms with Gasteiger partial charge in [-0.2, -0.15) is 5.10 Å². The van der Waals surface area contributed by atoms with Crippen molar-refractivity contribution in [3.63, 3.8) is 0 Å². The van der Waals surface area contributed by atoms with Gasteiger partial charge in [0.05, 0.1) is 5.69 Å². The van der Waals surface area contributed by atoms with Crippen LogP contribution in [0.25, 0.3) is 0 Å². The van der Waals surface area contributed by atoms with Crippen molar-refractivity contribution >= 4 is 0 Å². The van der Waals surface area contributed by atoms with Gasteiger partial charge in [-0.3, -0.25) is 4.68 Å². The summed E-state index contributed by atoms with van der Waals surface area (Å²) in [5, 5.41) is 14.7. The summed E-state index contributed by atoms with van der Waals surface area (Å²) in [7, 11) is 0. The van der Waals surface area contributed by atoms with Crippen LogP contribution in [0.1, 0.15) is 49.8 Å². The van der Waals surface area contributed by atoms with E-state index < -0.39 is 6.10 Å². The first-order valence-corrected chi connectivity index (χ1v) is 7.00. The number of rotatable bonds is 6. The maximum Gasteiger partial charge on any atom is 0.133 e. The van der Waals surface area contributed by atoms with Gasteiger partial charge in [-0.1, -0.05) is 13.8 Å². The third kappa shape index (κ3) is 3.07. The zero-order valence-electron chi connectivity index (χ0n) is 11.9. The second-order valence-electron chi connectivity index (χ2n) is 4.67. The number of furan rings is 1. The highest BCUT2D eigenvalue weighted by Crippen LogP contribution is 2.21. The Labute approximate surface area is 114 Å². The summed E-state index contributed by atoms with van der Waals surface area (Å²) < 4.78 is 7.54. The first-order chi connectivity index (χ1) is 9.17. The summed E-state index contributed by atoms with van der Waals surface area (Å²) in [6.07, 6.45) is 1.69. The monoisotopic (exact) mass is 262 g/mol. The third-order valence-electron chi connectivity index (χ3n) is 3.34. The first-order valence-electron chi connectivity index (χ1n) is 7.00. The molecule has 0 saturated heterocycles. The molecule has 2 rings (SSSR count). The van der Waals surface area contributed by atoms with Crippen LogP contribution in [0.5, 0.6) is 0 Å². The molecule has 0 aliphatic heterocycles. The van der Waals surface area contributed by atoms with Crippen LogP contribution in [-0.2, 0) is 25.8 Å². The molecule has 0 aliphatic carbocycles. The molecule has 1 atom stereocenters. The van der Waals surface area contributed by atoms with E-state index in [2.05, 4.69) is 25.0 Å². The molecule has 0 saturated carbocycles. The molecule has 2 aromatic heterocycles. The lowest BCUT2D eigenvalue weighted by molar-refractivity contribution is 0.145. The molecule has 2 aromatic rings. The molecule has 104 valence electrons. The summed E-state index contributed by atoms with van der Waals surface area (Å²) >= 11 is 0. The van der Waals surface area contributed by atoms with Crippen molar-refractivity contribution < 1.29 is 9.52 Å². The molecule has 0 aliphatic rings. The number of nitrogens with zero attached hydrogens (tertiary/aromatic N) is 2. The van der Waals surface area contributed by atoms with Crippen molar-refractivity contribution in [1.82, 2.24) is 9.78 Å². The third-order valence-corrected chi connectivity index (χ3v) is 3.34. The van der Waals surface area contributed by atoms with E-state index in [1.54, 1.807) is 0 Å². The summed E-state index contributed by atoms with van der Waals surface area (Å²) in [5.41, 5.74) is 2.12. The molecule has 0 fully saturated rings. The Balaban J connectivity index is 2.13. The lowest BCUT2D eigenvalue weighted by atomic mass is 10.1. The molecule has 2 heterocycles. The van der Waals surface area contributed by atoms with Crippen molar-refractivity contribution in [2.45, 2.75) is 52.7 Å². The summed E-state index contributed by atoms with van der Waals surface area (Å²) in [6.45, 7) is 7.00. The predicted molar refractivity (Wildman–Crippen MR) is 74.0 cm³/mol. The number of hydrogen-bond donors (Lipinski definition) is 1. The van der Waals surface area contributed by atoms with Crippen LogP contribution in [0.15, 0.2) is 22.6 Å². The van der Waals surface area contributed by atoms with E-state index in [4.69, 9.17) is 4.42 Å². The Kier molecular flexibility index (Phi) is 4.43. The largest absolute Gasteiger partial charge is 0.463 e. The molecule has 4 nitrogen and oxygen atoms in total. The number of aliphatic hydroxyl groups is 1. The fourth-order valence-corrected chi connectivity index (χ4v) is 2.19. The molecule has 0 bridgehead atoms. The lowest BCUT2D eigenvalue weighted by Crippen LogP contribution is -2.08. The number of aliphatic hydroxyl groups excluding tert-OH is 1. The highest BCUT2D eigenvalue weighted by molar-refractivity contribution is 5.15. The highest BCUT2D eigenvalue weighted by Gasteiger charge is 2.16. The van der Waals surface area contributed by atoms with Crippen molar-refractivity contribution in [3.8, 4) is 0 Å². The highest BCUT2D eigenvalue weighted by atomic mass is 16.4. The molecule has 19 heavy (non-hydrogen) atoms. The fraction of sp³-hybridized carbons (Fsp3) is 0.533. The van der Waals surface area contributed by atoms with E-state index in [1.165, 1.54) is 0 Å². The topological polar surface area (TPSA) is 51.2 Å². The molecular weight excluding hydrogens is 240 g/mol. The van der Waals surface area contributed by atoms with Gasteiger partial charge in [0.2, 0.25) is 0 Å². The van der Waals surface area contributed by atoms with Crippen molar-refractivity contribution in [2.24, 2.45) is 0 Å². The van der Waals surface area contributed by atoms with E-state index in [-0.39, 0.29) is 0 Å². The van der Waals surface area contributed by atoms with Crippen LogP contribution >= 0.6 is 0 Å². The van der Waals surface area contributed by atoms with Crippen LogP contribution in [0.4, 0.5) is 0 Å². The normalized spacial score (nSPS) is 12.8. The molecule has 1 N–H and O–H groups in total. The first kappa shape index (κ1) is 13.9. The SMILES string of the molecule is CCc1cc(CC(O)c2ccc(CC)o2)n(CC)n1. The molecule has 4 heteroatoms. The Morgan fingerprint density at radius 2 is 2.05 bits per heavy atom. The van der Waals surface area contributed by atoms with Gasteiger partial charge in [0.15, 0.2) is 0 Å². The van der Waals surface area contributed by atoms with Crippen molar-refractivity contribution in [2.75, 3.05) is 0 Å². The maximum atomic E-state index is 10.2. The Hall–Kier alpha value is -1.55. The van der Waals surface area contributed by atoms with E-state index >= 15 is 0 Å². The summed E-state index contributed by atoms with van der Waals surface area (Å²) in [5.74, 6) is 1.55. The average molecular weight is 262 g/mol. The zero-order valence-corrected chi connectivity index (χ0v) is 11.9. The lowest BCUT2D eigenvalue weighted by Gasteiger charge is -2.09. The van der Waals surface area contributed by atoms with Gasteiger partial charge in [-0.25, -0.2) is 0 Å². The molecule has 0 aromatic carbocycles. The molecule has 0 spiro atoms. The number of aromatic nitrogens is 2. The second kappa shape index (κ2) is 6.06. The number of aryl methyl sites for hydroxylation is 3. The minimum Gasteiger partial charge on any atom is -0.463 e. The van der Waals surface area contributed by atoms with E-state index in [9.17, 15) is 5.11 Å². The zero-order chi connectivity index (χ0) is 13.8. The molecule has 0 radical (unpaired) electrons. The van der Waals surface area contributed by atoms with Gasteiger partial charge < -0.3 is 9.52 Å². The molecular formula is C15H22N2O2. The molecule has 1 unspecified atom stereocenters. The Morgan fingerprint density at radius 3 is 2.63 bits per heavy atom. The summed E-state index contributed by atoms with van der Waals surface area (Å²) in [4.78, 5) is 0. The Bertz CT molecular complexity index is 528.